The zero-order chi connectivity index (χ0) is 20.7. The number of fused-ring (bicyclic) bond motifs is 1. The average molecular weight is 418 g/mol. The minimum absolute atomic E-state index is 0.254. The van der Waals surface area contributed by atoms with Crippen molar-refractivity contribution in [1.82, 2.24) is 5.48 Å². The number of hydrogen-bond acceptors (Lipinski definition) is 5. The number of benzene rings is 3. The Balaban J connectivity index is 1.59. The molecule has 1 N–H and O–H groups in total. The van der Waals surface area contributed by atoms with E-state index < -0.39 is 5.60 Å². The van der Waals surface area contributed by atoms with Gasteiger partial charge in [-0.3, -0.25) is 0 Å². The van der Waals surface area contributed by atoms with Crippen LogP contribution in [-0.2, 0) is 10.4 Å². The summed E-state index contributed by atoms with van der Waals surface area (Å²) in [6.07, 6.45) is 1.76. The summed E-state index contributed by atoms with van der Waals surface area (Å²) in [5.74, 6) is 1.51. The van der Waals surface area contributed by atoms with Crippen LogP contribution in [0.4, 0.5) is 0 Å². The van der Waals surface area contributed by atoms with Gasteiger partial charge in [0, 0.05) is 29.6 Å². The van der Waals surface area contributed by atoms with Gasteiger partial charge in [-0.25, -0.2) is 0 Å². The molecule has 1 aromatic heterocycles. The average Bonchev–Trinajstić information content (AvgIpc) is 3.33. The molecule has 0 amide bonds. The predicted molar refractivity (Wildman–Crippen MR) is 121 cm³/mol. The largest absolute Gasteiger partial charge is 0.481 e. The highest BCUT2D eigenvalue weighted by Crippen LogP contribution is 2.39. The molecule has 0 spiro atoms. The van der Waals surface area contributed by atoms with Crippen LogP contribution in [0, 0.1) is 0 Å². The summed E-state index contributed by atoms with van der Waals surface area (Å²) in [6, 6.07) is 27.7. The highest BCUT2D eigenvalue weighted by molar-refractivity contribution is 7.10. The molecule has 0 fully saturated rings. The van der Waals surface area contributed by atoms with Crippen molar-refractivity contribution in [2.24, 2.45) is 0 Å². The highest BCUT2D eigenvalue weighted by atomic mass is 32.1. The first-order valence-electron chi connectivity index (χ1n) is 9.90. The molecule has 4 nitrogen and oxygen atoms in total. The van der Waals surface area contributed by atoms with Crippen molar-refractivity contribution in [2.45, 2.75) is 18.4 Å². The topological polar surface area (TPSA) is 47.6 Å². The van der Waals surface area contributed by atoms with Gasteiger partial charge in [0.05, 0.1) is 0 Å². The molecule has 4 aromatic rings. The molecule has 4 rings (SSSR count). The molecule has 1 unspecified atom stereocenters. The zero-order valence-electron chi connectivity index (χ0n) is 16.5. The van der Waals surface area contributed by atoms with Gasteiger partial charge in [0.2, 0.25) is 0 Å². The van der Waals surface area contributed by atoms with Crippen LogP contribution in [-0.4, -0.2) is 12.8 Å². The number of nitrogens with one attached hydrogen (secondary N) is 1. The summed E-state index contributed by atoms with van der Waals surface area (Å²) in [5, 5.41) is 4.14. The Morgan fingerprint density at radius 1 is 0.900 bits per heavy atom. The molecule has 3 aromatic carbocycles. The van der Waals surface area contributed by atoms with Crippen LogP contribution in [0.5, 0.6) is 11.5 Å². The predicted octanol–water partition coefficient (Wildman–Crippen LogP) is 5.74. The van der Waals surface area contributed by atoms with Gasteiger partial charge in [0.25, 0.3) is 0 Å². The lowest BCUT2D eigenvalue weighted by molar-refractivity contribution is -0.112. The fourth-order valence-corrected chi connectivity index (χ4v) is 4.42. The van der Waals surface area contributed by atoms with Gasteiger partial charge in [-0.05, 0) is 35.0 Å². The third-order valence-corrected chi connectivity index (χ3v) is 6.06. The van der Waals surface area contributed by atoms with Crippen molar-refractivity contribution in [3.63, 3.8) is 0 Å². The number of ether oxygens (including phenoxy) is 1. The van der Waals surface area contributed by atoms with Gasteiger partial charge in [0.15, 0.2) is 5.60 Å². The molecular weight excluding hydrogens is 394 g/mol. The Bertz CT molecular complexity index is 1080. The summed E-state index contributed by atoms with van der Waals surface area (Å²) in [7, 11) is 0. The first-order valence-corrected chi connectivity index (χ1v) is 10.8. The van der Waals surface area contributed by atoms with Gasteiger partial charge in [-0.1, -0.05) is 60.7 Å². The van der Waals surface area contributed by atoms with Crippen molar-refractivity contribution >= 4 is 28.4 Å². The number of para-hydroxylation sites is 1. The quantitative estimate of drug-likeness (QED) is 0.203. The molecule has 0 aliphatic rings. The Hall–Kier alpha value is -3.15. The number of aldehydes is 1. The van der Waals surface area contributed by atoms with Crippen LogP contribution in [0.25, 0.3) is 10.8 Å². The number of thiophene rings is 1. The van der Waals surface area contributed by atoms with Gasteiger partial charge in [0.1, 0.15) is 17.8 Å². The summed E-state index contributed by atoms with van der Waals surface area (Å²) in [6.45, 7) is 0.519. The molecule has 0 radical (unpaired) electrons. The summed E-state index contributed by atoms with van der Waals surface area (Å²) < 4.78 is 6.64. The number of carbonyl (C=O) groups is 1. The molecule has 30 heavy (non-hydrogen) atoms. The third-order valence-electron chi connectivity index (χ3n) is 5.00. The van der Waals surface area contributed by atoms with Crippen molar-refractivity contribution in [3.8, 4) is 11.5 Å². The molecule has 0 bridgehead atoms. The van der Waals surface area contributed by atoms with Crippen LogP contribution < -0.4 is 15.1 Å². The van der Waals surface area contributed by atoms with Gasteiger partial charge in [-0.15, -0.1) is 11.3 Å². The van der Waals surface area contributed by atoms with Crippen LogP contribution >= 0.6 is 11.3 Å². The van der Waals surface area contributed by atoms with Crippen LogP contribution in [0.15, 0.2) is 90.3 Å². The van der Waals surface area contributed by atoms with Crippen LogP contribution in [0.1, 0.15) is 17.7 Å². The van der Waals surface area contributed by atoms with E-state index in [0.717, 1.165) is 33.4 Å². The Kier molecular flexibility index (Phi) is 6.42. The summed E-state index contributed by atoms with van der Waals surface area (Å²) >= 11 is 1.60. The molecular formula is C25H23NO3S. The van der Waals surface area contributed by atoms with E-state index in [1.807, 2.05) is 78.2 Å². The van der Waals surface area contributed by atoms with Crippen LogP contribution in [0.2, 0.25) is 0 Å². The minimum atomic E-state index is -0.771. The van der Waals surface area contributed by atoms with E-state index in [1.54, 1.807) is 11.3 Å². The normalized spacial score (nSPS) is 12.9. The molecule has 0 aliphatic heterocycles. The third kappa shape index (κ3) is 4.53. The highest BCUT2D eigenvalue weighted by Gasteiger charge is 2.35. The van der Waals surface area contributed by atoms with Crippen molar-refractivity contribution < 1.29 is 14.4 Å². The van der Waals surface area contributed by atoms with Gasteiger partial charge in [-0.2, -0.15) is 5.48 Å². The molecule has 0 saturated heterocycles. The Morgan fingerprint density at radius 2 is 1.70 bits per heavy atom. The lowest BCUT2D eigenvalue weighted by atomic mass is 9.93. The Morgan fingerprint density at radius 3 is 2.50 bits per heavy atom. The molecule has 0 aliphatic carbocycles. The molecule has 0 saturated carbocycles. The molecule has 152 valence electrons. The second-order valence-corrected chi connectivity index (χ2v) is 7.93. The maximum absolute atomic E-state index is 11.7. The maximum Gasteiger partial charge on any atom is 0.151 e. The van der Waals surface area contributed by atoms with Crippen molar-refractivity contribution in [3.05, 3.63) is 95.2 Å². The number of hydrogen-bond donors (Lipinski definition) is 1. The number of rotatable bonds is 10. The van der Waals surface area contributed by atoms with E-state index in [1.165, 1.54) is 0 Å². The van der Waals surface area contributed by atoms with Crippen LogP contribution in [0.3, 0.4) is 0 Å². The van der Waals surface area contributed by atoms with Gasteiger partial charge >= 0.3 is 0 Å². The number of hydroxylamine groups is 1. The van der Waals surface area contributed by atoms with E-state index in [2.05, 4.69) is 17.6 Å². The number of carbonyl (C=O) groups excluding carboxylic acids is 1. The minimum Gasteiger partial charge on any atom is -0.481 e. The second kappa shape index (κ2) is 9.57. The first-order chi connectivity index (χ1) is 14.8. The lowest BCUT2D eigenvalue weighted by Gasteiger charge is -2.33. The van der Waals surface area contributed by atoms with Crippen molar-refractivity contribution in [1.29, 1.82) is 0 Å². The van der Waals surface area contributed by atoms with E-state index in [4.69, 9.17) is 9.57 Å². The molecule has 5 heteroatoms. The molecule has 1 heterocycles. The van der Waals surface area contributed by atoms with E-state index >= 15 is 0 Å². The lowest BCUT2D eigenvalue weighted by Crippen LogP contribution is -2.37. The smallest absolute Gasteiger partial charge is 0.151 e. The SMILES string of the molecule is O=CCC(CCNOc1ccccc1)(Oc1cccc2ccccc12)c1cccs1. The van der Waals surface area contributed by atoms with E-state index in [0.29, 0.717) is 13.0 Å². The monoisotopic (exact) mass is 417 g/mol. The Labute approximate surface area is 180 Å². The van der Waals surface area contributed by atoms with E-state index in [-0.39, 0.29) is 6.42 Å². The summed E-state index contributed by atoms with van der Waals surface area (Å²) in [5.41, 5.74) is 2.24. The fraction of sp³-hybridized carbons (Fsp3) is 0.160. The fourth-order valence-electron chi connectivity index (χ4n) is 3.51. The summed E-state index contributed by atoms with van der Waals surface area (Å²) in [4.78, 5) is 18.3. The molecule has 1 atom stereocenters. The van der Waals surface area contributed by atoms with E-state index in [9.17, 15) is 4.79 Å². The standard InChI is InChI=1S/C25H23NO3S/c27-18-16-25(24-14-7-19-30-24,15-17-26-29-21-10-2-1-3-11-21)28-23-13-6-9-20-8-4-5-12-22(20)23/h1-14,18-19,26H,15-17H2. The van der Waals surface area contributed by atoms with Gasteiger partial charge < -0.3 is 14.4 Å². The first kappa shape index (κ1) is 20.1. The zero-order valence-corrected chi connectivity index (χ0v) is 17.3. The maximum atomic E-state index is 11.7. The second-order valence-electron chi connectivity index (χ2n) is 6.98. The van der Waals surface area contributed by atoms with Crippen molar-refractivity contribution in [2.75, 3.05) is 6.54 Å².